The van der Waals surface area contributed by atoms with Gasteiger partial charge >= 0.3 is 18.3 Å². The molecule has 0 saturated carbocycles. The van der Waals surface area contributed by atoms with Crippen molar-refractivity contribution in [1.29, 1.82) is 0 Å². The number of amides is 1. The van der Waals surface area contributed by atoms with Crippen molar-refractivity contribution >= 4 is 28.2 Å². The summed E-state index contributed by atoms with van der Waals surface area (Å²) in [7, 11) is 0. The van der Waals surface area contributed by atoms with Gasteiger partial charge in [-0.2, -0.15) is 26.3 Å². The molecule has 0 bridgehead atoms. The van der Waals surface area contributed by atoms with E-state index in [1.165, 1.54) is 6.07 Å². The molecule has 0 fully saturated rings. The van der Waals surface area contributed by atoms with E-state index in [1.807, 2.05) is 0 Å². The van der Waals surface area contributed by atoms with Crippen molar-refractivity contribution in [2.24, 2.45) is 0 Å². The highest BCUT2D eigenvalue weighted by Gasteiger charge is 2.37. The predicted octanol–water partition coefficient (Wildman–Crippen LogP) is 5.52. The zero-order valence-corrected chi connectivity index (χ0v) is 15.2. The summed E-state index contributed by atoms with van der Waals surface area (Å²) in [6.07, 6.45) is -10.2. The van der Waals surface area contributed by atoms with E-state index >= 15 is 0 Å². The molecule has 0 atom stereocenters. The maximum atomic E-state index is 12.9. The van der Waals surface area contributed by atoms with Gasteiger partial charge in [-0.1, -0.05) is 0 Å². The second kappa shape index (κ2) is 7.82. The van der Waals surface area contributed by atoms with Gasteiger partial charge in [-0.15, -0.1) is 11.3 Å². The summed E-state index contributed by atoms with van der Waals surface area (Å²) in [5.41, 5.74) is -4.11. The maximum absolute atomic E-state index is 12.9. The number of ether oxygens (including phenoxy) is 1. The first-order chi connectivity index (χ1) is 12.8. The van der Waals surface area contributed by atoms with Crippen molar-refractivity contribution in [3.63, 3.8) is 0 Å². The summed E-state index contributed by atoms with van der Waals surface area (Å²) in [5.74, 6) is -1.99. The Balaban J connectivity index is 2.44. The molecule has 0 saturated heterocycles. The van der Waals surface area contributed by atoms with Crippen LogP contribution in [0.2, 0.25) is 0 Å². The van der Waals surface area contributed by atoms with Crippen molar-refractivity contribution in [2.75, 3.05) is 11.9 Å². The van der Waals surface area contributed by atoms with Crippen molar-refractivity contribution < 1.29 is 40.7 Å². The zero-order chi connectivity index (χ0) is 21.3. The van der Waals surface area contributed by atoms with Crippen molar-refractivity contribution in [3.8, 4) is 0 Å². The van der Waals surface area contributed by atoms with Crippen LogP contribution in [0.3, 0.4) is 0 Å². The molecule has 0 aliphatic heterocycles. The number of carbonyl (C=O) groups is 2. The number of thiophene rings is 1. The van der Waals surface area contributed by atoms with Crippen LogP contribution in [0.4, 0.5) is 31.3 Å². The van der Waals surface area contributed by atoms with Crippen molar-refractivity contribution in [2.45, 2.75) is 26.2 Å². The Morgan fingerprint density at radius 3 is 2.00 bits per heavy atom. The zero-order valence-electron chi connectivity index (χ0n) is 14.4. The van der Waals surface area contributed by atoms with E-state index in [1.54, 1.807) is 13.8 Å². The molecule has 2 aromatic rings. The number of halogens is 6. The Morgan fingerprint density at radius 2 is 1.54 bits per heavy atom. The fourth-order valence-corrected chi connectivity index (χ4v) is 3.12. The predicted molar refractivity (Wildman–Crippen MR) is 89.4 cm³/mol. The van der Waals surface area contributed by atoms with Crippen LogP contribution in [0.25, 0.3) is 0 Å². The van der Waals surface area contributed by atoms with Crippen LogP contribution in [0.5, 0.6) is 0 Å². The molecule has 0 aliphatic rings. The van der Waals surface area contributed by atoms with Gasteiger partial charge in [-0.3, -0.25) is 4.79 Å². The molecule has 1 aromatic carbocycles. The Kier molecular flexibility index (Phi) is 6.07. The fraction of sp³-hybridized carbons (Fsp3) is 0.294. The van der Waals surface area contributed by atoms with Crippen LogP contribution in [-0.4, -0.2) is 18.5 Å². The molecule has 11 heteroatoms. The van der Waals surface area contributed by atoms with Crippen LogP contribution in [0.15, 0.2) is 24.3 Å². The summed E-state index contributed by atoms with van der Waals surface area (Å²) in [6.45, 7) is 3.20. The smallest absolute Gasteiger partial charge is 0.416 e. The number of benzene rings is 1. The topological polar surface area (TPSA) is 55.4 Å². The number of hydrogen-bond acceptors (Lipinski definition) is 4. The minimum Gasteiger partial charge on any atom is -0.462 e. The van der Waals surface area contributed by atoms with Crippen molar-refractivity contribution in [1.82, 2.24) is 0 Å². The normalized spacial score (nSPS) is 12.0. The molecule has 1 aromatic heterocycles. The van der Waals surface area contributed by atoms with Gasteiger partial charge < -0.3 is 10.1 Å². The Labute approximate surface area is 159 Å². The van der Waals surface area contributed by atoms with E-state index in [0.29, 0.717) is 17.0 Å². The third-order valence-corrected chi connectivity index (χ3v) is 4.39. The minimum absolute atomic E-state index is 0.0353. The molecule has 0 radical (unpaired) electrons. The van der Waals surface area contributed by atoms with Gasteiger partial charge in [0.25, 0.3) is 5.91 Å². The lowest BCUT2D eigenvalue weighted by molar-refractivity contribution is -0.143. The Bertz CT molecular complexity index is 869. The molecule has 28 heavy (non-hydrogen) atoms. The highest BCUT2D eigenvalue weighted by molar-refractivity contribution is 7.16. The van der Waals surface area contributed by atoms with Crippen LogP contribution >= 0.6 is 11.3 Å². The highest BCUT2D eigenvalue weighted by atomic mass is 32.1. The summed E-state index contributed by atoms with van der Waals surface area (Å²) < 4.78 is 82.4. The number of rotatable bonds is 4. The average Bonchev–Trinajstić information content (AvgIpc) is 2.93. The molecular formula is C17H13F6NO3S. The lowest BCUT2D eigenvalue weighted by atomic mass is 10.0. The van der Waals surface area contributed by atoms with Gasteiger partial charge in [0.2, 0.25) is 0 Å². The second-order valence-electron chi connectivity index (χ2n) is 5.57. The molecule has 1 amide bonds. The van der Waals surface area contributed by atoms with E-state index < -0.39 is 40.9 Å². The minimum atomic E-state index is -5.08. The average molecular weight is 425 g/mol. The largest absolute Gasteiger partial charge is 0.462 e. The molecule has 1 N–H and O–H groups in total. The van der Waals surface area contributed by atoms with Gasteiger partial charge in [0.05, 0.1) is 23.3 Å². The molecule has 1 heterocycles. The number of hydrogen-bond donors (Lipinski definition) is 1. The van der Waals surface area contributed by atoms with Gasteiger partial charge in [0.15, 0.2) is 0 Å². The monoisotopic (exact) mass is 425 g/mol. The van der Waals surface area contributed by atoms with Crippen LogP contribution in [0.1, 0.15) is 43.6 Å². The summed E-state index contributed by atoms with van der Waals surface area (Å²) >= 11 is 0.934. The van der Waals surface area contributed by atoms with Gasteiger partial charge in [0, 0.05) is 10.4 Å². The quantitative estimate of drug-likeness (QED) is 0.518. The third-order valence-electron chi connectivity index (χ3n) is 3.43. The SMILES string of the molecule is CCOC(=O)c1cc(C)sc1NC(=O)c1cc(C(F)(F)F)cc(C(F)(F)F)c1. The summed E-state index contributed by atoms with van der Waals surface area (Å²) in [4.78, 5) is 24.8. The number of aryl methyl sites for hydroxylation is 1. The first-order valence-electron chi connectivity index (χ1n) is 7.71. The molecule has 0 unspecified atom stereocenters. The summed E-state index contributed by atoms with van der Waals surface area (Å²) in [6, 6.07) is 1.95. The fourth-order valence-electron chi connectivity index (χ4n) is 2.23. The van der Waals surface area contributed by atoms with E-state index in [0.717, 1.165) is 11.3 Å². The standard InChI is InChI=1S/C17H13F6NO3S/c1-3-27-15(26)12-4-8(2)28-14(12)24-13(25)9-5-10(16(18,19)20)7-11(6-9)17(21,22)23/h4-7H,3H2,1-2H3,(H,24,25). The molecule has 152 valence electrons. The first kappa shape index (κ1) is 21.7. The van der Waals surface area contributed by atoms with E-state index in [2.05, 4.69) is 5.32 Å². The van der Waals surface area contributed by atoms with Gasteiger partial charge in [-0.05, 0) is 38.1 Å². The molecule has 2 rings (SSSR count). The Morgan fingerprint density at radius 1 is 1.00 bits per heavy atom. The van der Waals surface area contributed by atoms with Gasteiger partial charge in [0.1, 0.15) is 5.00 Å². The molecule has 4 nitrogen and oxygen atoms in total. The molecule has 0 aliphatic carbocycles. The van der Waals surface area contributed by atoms with E-state index in [4.69, 9.17) is 4.74 Å². The van der Waals surface area contributed by atoms with E-state index in [-0.39, 0.29) is 23.2 Å². The lowest BCUT2D eigenvalue weighted by Gasteiger charge is -2.14. The van der Waals surface area contributed by atoms with Crippen molar-refractivity contribution in [3.05, 3.63) is 51.4 Å². The number of esters is 1. The van der Waals surface area contributed by atoms with Crippen LogP contribution in [-0.2, 0) is 17.1 Å². The van der Waals surface area contributed by atoms with Gasteiger partial charge in [-0.25, -0.2) is 4.79 Å². The first-order valence-corrected chi connectivity index (χ1v) is 8.53. The number of alkyl halides is 6. The van der Waals surface area contributed by atoms with E-state index in [9.17, 15) is 35.9 Å². The van der Waals surface area contributed by atoms with Crippen LogP contribution < -0.4 is 5.32 Å². The molecule has 0 spiro atoms. The van der Waals surface area contributed by atoms with Crippen LogP contribution in [0, 0.1) is 6.92 Å². The number of nitrogens with one attached hydrogen (secondary N) is 1. The second-order valence-corrected chi connectivity index (χ2v) is 6.83. The lowest BCUT2D eigenvalue weighted by Crippen LogP contribution is -2.18. The third kappa shape index (κ3) is 5.03. The molecular weight excluding hydrogens is 412 g/mol. The number of carbonyl (C=O) groups excluding carboxylic acids is 2. The Hall–Kier alpha value is -2.56. The highest BCUT2D eigenvalue weighted by Crippen LogP contribution is 2.37. The summed E-state index contributed by atoms with van der Waals surface area (Å²) in [5, 5.41) is 2.15. The maximum Gasteiger partial charge on any atom is 0.416 e. The number of anilines is 1.